The van der Waals surface area contributed by atoms with Crippen LogP contribution >= 0.6 is 23.2 Å². The first-order valence-corrected chi connectivity index (χ1v) is 4.60. The van der Waals surface area contributed by atoms with Gasteiger partial charge < -0.3 is 9.84 Å². The maximum atomic E-state index is 10.8. The smallest absolute Gasteiger partial charge is 0.409 e. The van der Waals surface area contributed by atoms with Gasteiger partial charge >= 0.3 is 11.4 Å². The Morgan fingerprint density at radius 1 is 1.38 bits per heavy atom. The second-order valence-corrected chi connectivity index (χ2v) is 3.32. The van der Waals surface area contributed by atoms with Crippen LogP contribution in [0.5, 0.6) is 5.75 Å². The molecule has 0 aliphatic heterocycles. The summed E-state index contributed by atoms with van der Waals surface area (Å²) in [4.78, 5) is 31.8. The number of carbonyl (C=O) groups is 3. The summed E-state index contributed by atoms with van der Waals surface area (Å²) in [6.45, 7) is 0. The number of carboxylic acids is 1. The van der Waals surface area contributed by atoms with Gasteiger partial charge in [-0.05, 0) is 12.1 Å². The Balaban J connectivity index is 3.33. The summed E-state index contributed by atoms with van der Waals surface area (Å²) in [6, 6.07) is 2.11. The van der Waals surface area contributed by atoms with Gasteiger partial charge in [-0.3, -0.25) is 4.79 Å². The van der Waals surface area contributed by atoms with Gasteiger partial charge in [0.15, 0.2) is 6.29 Å². The summed E-state index contributed by atoms with van der Waals surface area (Å²) < 4.78 is 4.45. The maximum absolute atomic E-state index is 10.8. The number of aldehydes is 1. The van der Waals surface area contributed by atoms with Crippen molar-refractivity contribution in [2.75, 3.05) is 0 Å². The Morgan fingerprint density at radius 3 is 2.44 bits per heavy atom. The van der Waals surface area contributed by atoms with Crippen molar-refractivity contribution < 1.29 is 24.2 Å². The van der Waals surface area contributed by atoms with Crippen molar-refractivity contribution in [1.29, 1.82) is 0 Å². The van der Waals surface area contributed by atoms with Gasteiger partial charge in [-0.1, -0.05) is 11.6 Å². The highest BCUT2D eigenvalue weighted by Crippen LogP contribution is 2.26. The van der Waals surface area contributed by atoms with Crippen LogP contribution < -0.4 is 4.74 Å². The molecule has 84 valence electrons. The van der Waals surface area contributed by atoms with Crippen molar-refractivity contribution in [3.63, 3.8) is 0 Å². The number of hydrogen-bond acceptors (Lipinski definition) is 4. The van der Waals surface area contributed by atoms with Crippen molar-refractivity contribution in [3.05, 3.63) is 28.3 Å². The van der Waals surface area contributed by atoms with Crippen LogP contribution in [0.3, 0.4) is 0 Å². The Kier molecular flexibility index (Phi) is 3.87. The number of benzene rings is 1. The molecule has 16 heavy (non-hydrogen) atoms. The fraction of sp³-hybridized carbons (Fsp3) is 0. The lowest BCUT2D eigenvalue weighted by molar-refractivity contribution is 0.0696. The third-order valence-electron chi connectivity index (χ3n) is 1.63. The van der Waals surface area contributed by atoms with Crippen LogP contribution in [0.2, 0.25) is 5.02 Å². The maximum Gasteiger partial charge on any atom is 0.409 e. The highest BCUT2D eigenvalue weighted by atomic mass is 35.5. The Hall–Kier alpha value is -1.59. The predicted molar refractivity (Wildman–Crippen MR) is 55.7 cm³/mol. The molecule has 0 saturated carbocycles. The molecule has 0 aromatic heterocycles. The zero-order valence-corrected chi connectivity index (χ0v) is 9.08. The van der Waals surface area contributed by atoms with Crippen molar-refractivity contribution in [3.8, 4) is 5.75 Å². The fourth-order valence-electron chi connectivity index (χ4n) is 1.01. The van der Waals surface area contributed by atoms with Gasteiger partial charge in [0.2, 0.25) is 0 Å². The third-order valence-corrected chi connectivity index (χ3v) is 2.13. The molecule has 0 heterocycles. The standard InChI is InChI=1S/C9H4Cl2O5/c10-7-4(3-12)1-5(16-9(11)15)2-6(7)8(13)14/h1-3H,(H,13,14). The molecule has 0 atom stereocenters. The fourth-order valence-corrected chi connectivity index (χ4v) is 1.34. The normalized spacial score (nSPS) is 9.62. The lowest BCUT2D eigenvalue weighted by Crippen LogP contribution is -2.03. The van der Waals surface area contributed by atoms with Crippen molar-refractivity contribution in [2.45, 2.75) is 0 Å². The molecule has 0 spiro atoms. The molecule has 1 aromatic carbocycles. The largest absolute Gasteiger partial charge is 0.478 e. The lowest BCUT2D eigenvalue weighted by atomic mass is 10.1. The number of hydrogen-bond donors (Lipinski definition) is 1. The zero-order valence-electron chi connectivity index (χ0n) is 7.57. The van der Waals surface area contributed by atoms with Gasteiger partial charge in [0.05, 0.1) is 10.6 Å². The van der Waals surface area contributed by atoms with Crippen LogP contribution in [0.25, 0.3) is 0 Å². The molecule has 0 saturated heterocycles. The molecule has 0 amide bonds. The van der Waals surface area contributed by atoms with Crippen LogP contribution in [-0.4, -0.2) is 22.8 Å². The van der Waals surface area contributed by atoms with E-state index in [9.17, 15) is 14.4 Å². The summed E-state index contributed by atoms with van der Waals surface area (Å²) in [5, 5.41) is 8.55. The van der Waals surface area contributed by atoms with Gasteiger partial charge in [-0.15, -0.1) is 0 Å². The number of carbonyl (C=O) groups excluding carboxylic acids is 2. The van der Waals surface area contributed by atoms with E-state index in [4.69, 9.17) is 28.3 Å². The molecule has 1 N–H and O–H groups in total. The SMILES string of the molecule is O=Cc1cc(OC(=O)Cl)cc(C(=O)O)c1Cl. The molecule has 0 fully saturated rings. The molecule has 0 unspecified atom stereocenters. The van der Waals surface area contributed by atoms with Gasteiger partial charge in [-0.2, -0.15) is 0 Å². The summed E-state index contributed by atoms with van der Waals surface area (Å²) in [5.41, 5.74) is -1.59. The molecule has 1 aromatic rings. The average Bonchev–Trinajstić information content (AvgIpc) is 2.19. The van der Waals surface area contributed by atoms with E-state index in [1.807, 2.05) is 0 Å². The van der Waals surface area contributed by atoms with E-state index in [1.165, 1.54) is 0 Å². The van der Waals surface area contributed by atoms with Crippen molar-refractivity contribution in [1.82, 2.24) is 0 Å². The molecular weight excluding hydrogens is 259 g/mol. The minimum atomic E-state index is -1.35. The second kappa shape index (κ2) is 4.96. The molecule has 0 bridgehead atoms. The predicted octanol–water partition coefficient (Wildman–Crippen LogP) is 2.59. The van der Waals surface area contributed by atoms with Gasteiger partial charge in [0.1, 0.15) is 5.75 Å². The van der Waals surface area contributed by atoms with Crippen LogP contribution in [-0.2, 0) is 0 Å². The molecule has 0 aliphatic carbocycles. The molecule has 0 radical (unpaired) electrons. The number of aromatic carboxylic acids is 1. The van der Waals surface area contributed by atoms with E-state index in [2.05, 4.69) is 4.74 Å². The van der Waals surface area contributed by atoms with E-state index in [0.717, 1.165) is 12.1 Å². The summed E-state index contributed by atoms with van der Waals surface area (Å²) in [6.07, 6.45) is 0.348. The lowest BCUT2D eigenvalue weighted by Gasteiger charge is -2.05. The average molecular weight is 263 g/mol. The first kappa shape index (κ1) is 12.5. The molecular formula is C9H4Cl2O5. The molecule has 5 nitrogen and oxygen atoms in total. The number of ether oxygens (including phenoxy) is 1. The van der Waals surface area contributed by atoms with Crippen molar-refractivity contribution in [2.24, 2.45) is 0 Å². The Bertz CT molecular complexity index is 469. The topological polar surface area (TPSA) is 80.7 Å². The van der Waals surface area contributed by atoms with Crippen LogP contribution in [0.1, 0.15) is 20.7 Å². The summed E-state index contributed by atoms with van der Waals surface area (Å²) in [7, 11) is 0. The molecule has 7 heteroatoms. The van der Waals surface area contributed by atoms with Crippen LogP contribution in [0, 0.1) is 0 Å². The van der Waals surface area contributed by atoms with Crippen LogP contribution in [0.15, 0.2) is 12.1 Å². The van der Waals surface area contributed by atoms with E-state index in [-0.39, 0.29) is 21.9 Å². The van der Waals surface area contributed by atoms with E-state index >= 15 is 0 Å². The minimum absolute atomic E-state index is 0.102. The molecule has 1 rings (SSSR count). The first-order chi connectivity index (χ1) is 7.45. The molecule has 0 aliphatic rings. The number of rotatable bonds is 3. The highest BCUT2D eigenvalue weighted by Gasteiger charge is 2.16. The van der Waals surface area contributed by atoms with Crippen molar-refractivity contribution >= 4 is 40.9 Å². The third kappa shape index (κ3) is 2.71. The number of carboxylic acid groups (broad SMARTS) is 1. The quantitative estimate of drug-likeness (QED) is 0.669. The monoisotopic (exact) mass is 262 g/mol. The van der Waals surface area contributed by atoms with Gasteiger partial charge in [0.25, 0.3) is 0 Å². The number of halogens is 2. The summed E-state index contributed by atoms with van der Waals surface area (Å²) in [5.74, 6) is -1.51. The first-order valence-electron chi connectivity index (χ1n) is 3.85. The minimum Gasteiger partial charge on any atom is -0.478 e. The van der Waals surface area contributed by atoms with E-state index in [1.54, 1.807) is 0 Å². The summed E-state index contributed by atoms with van der Waals surface area (Å²) >= 11 is 10.6. The van der Waals surface area contributed by atoms with E-state index in [0.29, 0.717) is 6.29 Å². The van der Waals surface area contributed by atoms with Gasteiger partial charge in [-0.25, -0.2) is 9.59 Å². The highest BCUT2D eigenvalue weighted by molar-refractivity contribution is 6.61. The Labute approximate surface area is 99.5 Å². The van der Waals surface area contributed by atoms with E-state index < -0.39 is 11.4 Å². The van der Waals surface area contributed by atoms with Crippen LogP contribution in [0.4, 0.5) is 4.79 Å². The second-order valence-electron chi connectivity index (χ2n) is 2.64. The Morgan fingerprint density at radius 2 is 2.00 bits per heavy atom. The zero-order chi connectivity index (χ0) is 12.3. The van der Waals surface area contributed by atoms with Gasteiger partial charge in [0, 0.05) is 17.2 Å².